The first kappa shape index (κ1) is 11.1. The maximum absolute atomic E-state index is 12.1. The van der Waals surface area contributed by atoms with E-state index in [2.05, 4.69) is 4.98 Å². The van der Waals surface area contributed by atoms with Gasteiger partial charge in [0.25, 0.3) is 0 Å². The summed E-state index contributed by atoms with van der Waals surface area (Å²) in [5, 5.41) is -0.00801. The highest BCUT2D eigenvalue weighted by Crippen LogP contribution is 2.25. The molecule has 0 unspecified atom stereocenters. The number of hydrogen-bond donors (Lipinski definition) is 0. The standard InChI is InChI=1S/C11H8ClNO2S/c12-11-10(7-4-8-13-11)16(14,15)9-5-2-1-3-6-9/h1-8H. The Morgan fingerprint density at radius 3 is 2.31 bits per heavy atom. The highest BCUT2D eigenvalue weighted by atomic mass is 35.5. The third-order valence-corrected chi connectivity index (χ3v) is 4.28. The smallest absolute Gasteiger partial charge is 0.209 e. The maximum Gasteiger partial charge on any atom is 0.209 e. The molecule has 0 atom stereocenters. The molecule has 0 radical (unpaired) electrons. The fourth-order valence-electron chi connectivity index (χ4n) is 1.30. The van der Waals surface area contributed by atoms with Crippen molar-refractivity contribution in [2.45, 2.75) is 9.79 Å². The molecule has 0 N–H and O–H groups in total. The average molecular weight is 254 g/mol. The Morgan fingerprint density at radius 1 is 1.00 bits per heavy atom. The monoisotopic (exact) mass is 253 g/mol. The Bertz CT molecular complexity index is 596. The van der Waals surface area contributed by atoms with Crippen LogP contribution < -0.4 is 0 Å². The number of nitrogens with zero attached hydrogens (tertiary/aromatic N) is 1. The summed E-state index contributed by atoms with van der Waals surface area (Å²) in [4.78, 5) is 4.00. The Kier molecular flexibility index (Phi) is 2.94. The summed E-state index contributed by atoms with van der Waals surface area (Å²) in [6.07, 6.45) is 1.45. The average Bonchev–Trinajstić information content (AvgIpc) is 2.30. The van der Waals surface area contributed by atoms with E-state index in [1.807, 2.05) is 0 Å². The molecule has 0 amide bonds. The van der Waals surface area contributed by atoms with Crippen molar-refractivity contribution < 1.29 is 8.42 Å². The third kappa shape index (κ3) is 1.94. The van der Waals surface area contributed by atoms with Gasteiger partial charge in [0.2, 0.25) is 9.84 Å². The second-order valence-electron chi connectivity index (χ2n) is 3.11. The third-order valence-electron chi connectivity index (χ3n) is 2.07. The van der Waals surface area contributed by atoms with Crippen LogP contribution in [0.2, 0.25) is 5.15 Å². The Hall–Kier alpha value is -1.39. The number of pyridine rings is 1. The van der Waals surface area contributed by atoms with Crippen LogP contribution in [0.5, 0.6) is 0 Å². The van der Waals surface area contributed by atoms with Crippen LogP contribution in [0.4, 0.5) is 0 Å². The lowest BCUT2D eigenvalue weighted by Crippen LogP contribution is -2.03. The van der Waals surface area contributed by atoms with Gasteiger partial charge < -0.3 is 0 Å². The molecular weight excluding hydrogens is 246 g/mol. The number of benzene rings is 1. The van der Waals surface area contributed by atoms with Gasteiger partial charge in [-0.05, 0) is 24.3 Å². The molecule has 0 bridgehead atoms. The number of halogens is 1. The van der Waals surface area contributed by atoms with Crippen molar-refractivity contribution in [2.75, 3.05) is 0 Å². The van der Waals surface area contributed by atoms with Crippen molar-refractivity contribution in [3.8, 4) is 0 Å². The Balaban J connectivity index is 2.62. The molecule has 0 aliphatic carbocycles. The molecule has 0 spiro atoms. The van der Waals surface area contributed by atoms with Crippen molar-refractivity contribution in [2.24, 2.45) is 0 Å². The largest absolute Gasteiger partial charge is 0.243 e. The van der Waals surface area contributed by atoms with E-state index in [0.717, 1.165) is 0 Å². The summed E-state index contributed by atoms with van der Waals surface area (Å²) in [6.45, 7) is 0. The molecule has 1 aromatic heterocycles. The zero-order chi connectivity index (χ0) is 11.6. The number of sulfone groups is 1. The predicted molar refractivity (Wildman–Crippen MR) is 61.1 cm³/mol. The molecule has 5 heteroatoms. The summed E-state index contributed by atoms with van der Waals surface area (Å²) >= 11 is 5.77. The minimum atomic E-state index is -3.56. The predicted octanol–water partition coefficient (Wildman–Crippen LogP) is 2.57. The van der Waals surface area contributed by atoms with E-state index >= 15 is 0 Å². The molecule has 0 saturated heterocycles. The van der Waals surface area contributed by atoms with Gasteiger partial charge in [0.15, 0.2) is 0 Å². The van der Waals surface area contributed by atoms with Gasteiger partial charge in [-0.1, -0.05) is 29.8 Å². The first-order valence-electron chi connectivity index (χ1n) is 4.53. The highest BCUT2D eigenvalue weighted by Gasteiger charge is 2.20. The second-order valence-corrected chi connectivity index (χ2v) is 5.38. The quantitative estimate of drug-likeness (QED) is 0.773. The molecule has 0 aliphatic rings. The molecule has 1 aromatic carbocycles. The van der Waals surface area contributed by atoms with E-state index in [0.29, 0.717) is 0 Å². The van der Waals surface area contributed by atoms with Gasteiger partial charge in [0.1, 0.15) is 10.0 Å². The number of hydrogen-bond acceptors (Lipinski definition) is 3. The molecule has 2 rings (SSSR count). The minimum Gasteiger partial charge on any atom is -0.243 e. The van der Waals surface area contributed by atoms with Gasteiger partial charge in [0.05, 0.1) is 4.90 Å². The molecule has 82 valence electrons. The molecule has 0 fully saturated rings. The van der Waals surface area contributed by atoms with Gasteiger partial charge in [-0.25, -0.2) is 13.4 Å². The lowest BCUT2D eigenvalue weighted by Gasteiger charge is -2.04. The molecular formula is C11H8ClNO2S. The van der Waals surface area contributed by atoms with Crippen molar-refractivity contribution in [1.82, 2.24) is 4.98 Å². The molecule has 0 saturated carbocycles. The Morgan fingerprint density at radius 2 is 1.69 bits per heavy atom. The fraction of sp³-hybridized carbons (Fsp3) is 0. The van der Waals surface area contributed by atoms with E-state index in [1.54, 1.807) is 24.3 Å². The van der Waals surface area contributed by atoms with Crippen LogP contribution in [0.1, 0.15) is 0 Å². The zero-order valence-electron chi connectivity index (χ0n) is 8.17. The van der Waals surface area contributed by atoms with Gasteiger partial charge in [-0.3, -0.25) is 0 Å². The van der Waals surface area contributed by atoms with Crippen LogP contribution in [0.3, 0.4) is 0 Å². The van der Waals surface area contributed by atoms with Gasteiger partial charge in [-0.2, -0.15) is 0 Å². The van der Waals surface area contributed by atoms with Crippen LogP contribution in [-0.2, 0) is 9.84 Å². The first-order valence-corrected chi connectivity index (χ1v) is 6.39. The van der Waals surface area contributed by atoms with E-state index in [-0.39, 0.29) is 14.9 Å². The summed E-state index contributed by atoms with van der Waals surface area (Å²) in [6, 6.07) is 11.1. The van der Waals surface area contributed by atoms with Gasteiger partial charge in [-0.15, -0.1) is 0 Å². The molecule has 0 aliphatic heterocycles. The van der Waals surface area contributed by atoms with E-state index in [1.165, 1.54) is 24.4 Å². The van der Waals surface area contributed by atoms with Crippen molar-refractivity contribution in [3.05, 3.63) is 53.8 Å². The number of rotatable bonds is 2. The zero-order valence-corrected chi connectivity index (χ0v) is 9.74. The lowest BCUT2D eigenvalue weighted by molar-refractivity contribution is 0.595. The molecule has 2 aromatic rings. The normalized spacial score (nSPS) is 11.3. The summed E-state index contributed by atoms with van der Waals surface area (Å²) in [5.41, 5.74) is 0. The molecule has 16 heavy (non-hydrogen) atoms. The SMILES string of the molecule is O=S(=O)(c1ccccc1)c1cccnc1Cl. The minimum absolute atomic E-state index is 0.00801. The van der Waals surface area contributed by atoms with Crippen molar-refractivity contribution in [3.63, 3.8) is 0 Å². The molecule has 3 nitrogen and oxygen atoms in total. The highest BCUT2D eigenvalue weighted by molar-refractivity contribution is 7.91. The summed E-state index contributed by atoms with van der Waals surface area (Å²) in [7, 11) is -3.56. The van der Waals surface area contributed by atoms with Crippen LogP contribution in [0.15, 0.2) is 58.5 Å². The summed E-state index contributed by atoms with van der Waals surface area (Å²) < 4.78 is 24.3. The van der Waals surface area contributed by atoms with E-state index < -0.39 is 9.84 Å². The van der Waals surface area contributed by atoms with Gasteiger partial charge in [0, 0.05) is 6.20 Å². The van der Waals surface area contributed by atoms with Crippen molar-refractivity contribution >= 4 is 21.4 Å². The Labute approximate surface area is 98.6 Å². The van der Waals surface area contributed by atoms with E-state index in [4.69, 9.17) is 11.6 Å². The van der Waals surface area contributed by atoms with Crippen LogP contribution in [0, 0.1) is 0 Å². The first-order chi connectivity index (χ1) is 7.62. The topological polar surface area (TPSA) is 47.0 Å². The van der Waals surface area contributed by atoms with Gasteiger partial charge >= 0.3 is 0 Å². The van der Waals surface area contributed by atoms with Crippen LogP contribution >= 0.6 is 11.6 Å². The van der Waals surface area contributed by atoms with E-state index in [9.17, 15) is 8.42 Å². The maximum atomic E-state index is 12.1. The molecule has 1 heterocycles. The van der Waals surface area contributed by atoms with Crippen LogP contribution in [-0.4, -0.2) is 13.4 Å². The van der Waals surface area contributed by atoms with Crippen LogP contribution in [0.25, 0.3) is 0 Å². The fourth-order valence-corrected chi connectivity index (χ4v) is 3.02. The lowest BCUT2D eigenvalue weighted by atomic mass is 10.4. The van der Waals surface area contributed by atoms with Crippen molar-refractivity contribution in [1.29, 1.82) is 0 Å². The number of aromatic nitrogens is 1. The summed E-state index contributed by atoms with van der Waals surface area (Å²) in [5.74, 6) is 0. The second kappa shape index (κ2) is 4.23.